The van der Waals surface area contributed by atoms with Crippen LogP contribution in [0.15, 0.2) is 23.1 Å². The number of alkyl halides is 3. The molecule has 1 atom stereocenters. The smallest absolute Gasteiger partial charge is 0.329 e. The highest BCUT2D eigenvalue weighted by Crippen LogP contribution is 2.33. The van der Waals surface area contributed by atoms with Gasteiger partial charge in [0.25, 0.3) is 0 Å². The van der Waals surface area contributed by atoms with E-state index in [9.17, 15) is 21.6 Å². The molecule has 0 saturated heterocycles. The van der Waals surface area contributed by atoms with Gasteiger partial charge in [-0.25, -0.2) is 13.1 Å². The molecule has 4 nitrogen and oxygen atoms in total. The van der Waals surface area contributed by atoms with Crippen molar-refractivity contribution in [2.24, 2.45) is 5.73 Å². The van der Waals surface area contributed by atoms with Crippen molar-refractivity contribution >= 4 is 21.6 Å². The third-order valence-electron chi connectivity index (χ3n) is 2.26. The molecule has 0 amide bonds. The van der Waals surface area contributed by atoms with Gasteiger partial charge in [-0.1, -0.05) is 11.6 Å². The monoisotopic (exact) mass is 316 g/mol. The molecule has 108 valence electrons. The average molecular weight is 317 g/mol. The van der Waals surface area contributed by atoms with Crippen LogP contribution in [0.1, 0.15) is 12.5 Å². The van der Waals surface area contributed by atoms with Gasteiger partial charge in [0.05, 0.1) is 10.6 Å². The first-order valence-electron chi connectivity index (χ1n) is 5.17. The minimum absolute atomic E-state index is 0.0531. The minimum Gasteiger partial charge on any atom is -0.329 e. The van der Waals surface area contributed by atoms with Crippen molar-refractivity contribution in [3.05, 3.63) is 28.8 Å². The van der Waals surface area contributed by atoms with Gasteiger partial charge in [0, 0.05) is 12.6 Å². The summed E-state index contributed by atoms with van der Waals surface area (Å²) in [6, 6.07) is 1.50. The number of benzene rings is 1. The summed E-state index contributed by atoms with van der Waals surface area (Å²) in [4.78, 5) is -0.414. The second kappa shape index (κ2) is 5.66. The van der Waals surface area contributed by atoms with Crippen molar-refractivity contribution in [2.75, 3.05) is 6.54 Å². The van der Waals surface area contributed by atoms with E-state index >= 15 is 0 Å². The molecule has 0 spiro atoms. The Balaban J connectivity index is 3.16. The minimum atomic E-state index is -4.58. The maximum absolute atomic E-state index is 12.4. The number of hydrogen-bond donors (Lipinski definition) is 2. The summed E-state index contributed by atoms with van der Waals surface area (Å²) in [6.45, 7) is 1.58. The molecule has 0 aliphatic carbocycles. The van der Waals surface area contributed by atoms with E-state index in [0.717, 1.165) is 6.07 Å². The summed E-state index contributed by atoms with van der Waals surface area (Å²) in [5.74, 6) is 0. The molecule has 0 aromatic heterocycles. The highest BCUT2D eigenvalue weighted by atomic mass is 35.5. The van der Waals surface area contributed by atoms with Crippen molar-refractivity contribution in [3.63, 3.8) is 0 Å². The Kier molecular flexibility index (Phi) is 4.83. The highest BCUT2D eigenvalue weighted by molar-refractivity contribution is 7.89. The zero-order valence-corrected chi connectivity index (χ0v) is 11.4. The number of nitrogens with two attached hydrogens (primary N) is 1. The van der Waals surface area contributed by atoms with Gasteiger partial charge in [0.2, 0.25) is 10.0 Å². The summed E-state index contributed by atoms with van der Waals surface area (Å²) in [6.07, 6.45) is -4.58. The molecule has 0 bridgehead atoms. The Morgan fingerprint density at radius 1 is 1.42 bits per heavy atom. The lowest BCUT2D eigenvalue weighted by Gasteiger charge is -2.14. The van der Waals surface area contributed by atoms with Gasteiger partial charge in [-0.15, -0.1) is 0 Å². The van der Waals surface area contributed by atoms with Crippen LogP contribution in [-0.2, 0) is 16.2 Å². The Bertz CT molecular complexity index is 560. The van der Waals surface area contributed by atoms with Gasteiger partial charge in [-0.05, 0) is 25.1 Å². The van der Waals surface area contributed by atoms with Crippen LogP contribution in [0.25, 0.3) is 0 Å². The molecule has 0 radical (unpaired) electrons. The van der Waals surface area contributed by atoms with E-state index < -0.39 is 37.7 Å². The standard InChI is InChI=1S/C10H12ClF3N2O2S/c1-6(5-15)16-19(17,18)9-3-2-7(4-8(9)11)10(12,13)14/h2-4,6,16H,5,15H2,1H3/t6-/m0/s1. The predicted octanol–water partition coefficient (Wildman–Crippen LogP) is 1.98. The van der Waals surface area contributed by atoms with Gasteiger partial charge < -0.3 is 5.73 Å². The molecule has 0 unspecified atom stereocenters. The second-order valence-electron chi connectivity index (χ2n) is 3.90. The van der Waals surface area contributed by atoms with Gasteiger partial charge in [-0.3, -0.25) is 0 Å². The second-order valence-corrected chi connectivity index (χ2v) is 5.99. The van der Waals surface area contributed by atoms with E-state index in [-0.39, 0.29) is 6.54 Å². The third kappa shape index (κ3) is 4.07. The number of nitrogens with one attached hydrogen (secondary N) is 1. The molecule has 0 saturated carbocycles. The highest BCUT2D eigenvalue weighted by Gasteiger charge is 2.32. The van der Waals surface area contributed by atoms with E-state index in [1.807, 2.05) is 0 Å². The molecule has 0 fully saturated rings. The summed E-state index contributed by atoms with van der Waals surface area (Å²) >= 11 is 5.60. The normalized spacial score (nSPS) is 14.4. The Hall–Kier alpha value is -0.830. The molecule has 9 heteroatoms. The fraction of sp³-hybridized carbons (Fsp3) is 0.400. The van der Waals surface area contributed by atoms with Crippen LogP contribution in [0.4, 0.5) is 13.2 Å². The van der Waals surface area contributed by atoms with Crippen molar-refractivity contribution in [1.82, 2.24) is 4.72 Å². The first-order chi connectivity index (χ1) is 8.58. The van der Waals surface area contributed by atoms with Crippen molar-refractivity contribution in [1.29, 1.82) is 0 Å². The van der Waals surface area contributed by atoms with Crippen LogP contribution in [0.5, 0.6) is 0 Å². The van der Waals surface area contributed by atoms with Crippen molar-refractivity contribution in [2.45, 2.75) is 24.0 Å². The van der Waals surface area contributed by atoms with Crippen LogP contribution in [-0.4, -0.2) is 21.0 Å². The Labute approximate surface area is 113 Å². The summed E-state index contributed by atoms with van der Waals surface area (Å²) in [5, 5.41) is -0.494. The maximum Gasteiger partial charge on any atom is 0.416 e. The number of halogens is 4. The molecule has 0 aliphatic rings. The molecule has 0 heterocycles. The van der Waals surface area contributed by atoms with Crippen LogP contribution in [0.2, 0.25) is 5.02 Å². The van der Waals surface area contributed by atoms with E-state index in [2.05, 4.69) is 4.72 Å². The van der Waals surface area contributed by atoms with Crippen molar-refractivity contribution < 1.29 is 21.6 Å². The molecular weight excluding hydrogens is 305 g/mol. The third-order valence-corrected chi connectivity index (χ3v) is 4.33. The largest absolute Gasteiger partial charge is 0.416 e. The number of rotatable bonds is 4. The topological polar surface area (TPSA) is 72.2 Å². The Morgan fingerprint density at radius 2 is 2.00 bits per heavy atom. The first kappa shape index (κ1) is 16.2. The summed E-state index contributed by atoms with van der Waals surface area (Å²) in [5.41, 5.74) is 4.26. The molecule has 3 N–H and O–H groups in total. The van der Waals surface area contributed by atoms with Gasteiger partial charge in [0.15, 0.2) is 0 Å². The lowest BCUT2D eigenvalue weighted by molar-refractivity contribution is -0.137. The summed E-state index contributed by atoms with van der Waals surface area (Å²) in [7, 11) is -3.99. The van der Waals surface area contributed by atoms with E-state index in [4.69, 9.17) is 17.3 Å². The summed E-state index contributed by atoms with van der Waals surface area (Å²) < 4.78 is 63.2. The fourth-order valence-corrected chi connectivity index (χ4v) is 3.07. The van der Waals surface area contributed by atoms with E-state index in [1.165, 1.54) is 6.92 Å². The first-order valence-corrected chi connectivity index (χ1v) is 7.03. The van der Waals surface area contributed by atoms with Crippen LogP contribution < -0.4 is 10.5 Å². The number of sulfonamides is 1. The molecule has 19 heavy (non-hydrogen) atoms. The zero-order valence-electron chi connectivity index (χ0n) is 9.83. The lowest BCUT2D eigenvalue weighted by atomic mass is 10.2. The van der Waals surface area contributed by atoms with Gasteiger partial charge in [-0.2, -0.15) is 13.2 Å². The maximum atomic E-state index is 12.4. The van der Waals surface area contributed by atoms with Gasteiger partial charge in [0.1, 0.15) is 4.90 Å². The Morgan fingerprint density at radius 3 is 2.42 bits per heavy atom. The molecule has 1 rings (SSSR count). The van der Waals surface area contributed by atoms with E-state index in [0.29, 0.717) is 12.1 Å². The van der Waals surface area contributed by atoms with Crippen LogP contribution in [0.3, 0.4) is 0 Å². The van der Waals surface area contributed by atoms with Crippen LogP contribution >= 0.6 is 11.6 Å². The molecular formula is C10H12ClF3N2O2S. The molecule has 1 aromatic rings. The molecule has 1 aromatic carbocycles. The van der Waals surface area contributed by atoms with Gasteiger partial charge >= 0.3 is 6.18 Å². The zero-order chi connectivity index (χ0) is 14.8. The number of hydrogen-bond acceptors (Lipinski definition) is 3. The van der Waals surface area contributed by atoms with E-state index in [1.54, 1.807) is 0 Å². The molecule has 0 aliphatic heterocycles. The van der Waals surface area contributed by atoms with Crippen molar-refractivity contribution in [3.8, 4) is 0 Å². The quantitative estimate of drug-likeness (QED) is 0.892. The predicted molar refractivity (Wildman–Crippen MR) is 65.3 cm³/mol. The lowest BCUT2D eigenvalue weighted by Crippen LogP contribution is -2.37. The van der Waals surface area contributed by atoms with Crippen LogP contribution in [0, 0.1) is 0 Å². The average Bonchev–Trinajstić information content (AvgIpc) is 2.26. The fourth-order valence-electron chi connectivity index (χ4n) is 1.27. The SMILES string of the molecule is C[C@@H](CN)NS(=O)(=O)c1ccc(C(F)(F)F)cc1Cl.